The smallest absolute Gasteiger partial charge is 0.326 e. The lowest BCUT2D eigenvalue weighted by Crippen LogP contribution is -2.48. The van der Waals surface area contributed by atoms with Crippen LogP contribution in [0.4, 0.5) is 0 Å². The number of amides is 1. The van der Waals surface area contributed by atoms with Gasteiger partial charge in [0.25, 0.3) is 5.91 Å². The van der Waals surface area contributed by atoms with Gasteiger partial charge in [0.1, 0.15) is 6.04 Å². The number of hydrogen-bond acceptors (Lipinski definition) is 5. The van der Waals surface area contributed by atoms with Crippen LogP contribution in [0.2, 0.25) is 0 Å². The van der Waals surface area contributed by atoms with Gasteiger partial charge >= 0.3 is 5.97 Å². The van der Waals surface area contributed by atoms with E-state index in [1.807, 2.05) is 13.8 Å². The van der Waals surface area contributed by atoms with E-state index < -0.39 is 17.9 Å². The summed E-state index contributed by atoms with van der Waals surface area (Å²) in [6.07, 6.45) is 3.12. The van der Waals surface area contributed by atoms with Gasteiger partial charge in [0.05, 0.1) is 23.8 Å². The van der Waals surface area contributed by atoms with E-state index in [4.69, 9.17) is 4.74 Å². The van der Waals surface area contributed by atoms with Gasteiger partial charge in [0.15, 0.2) is 5.65 Å². The molecule has 1 aliphatic heterocycles. The summed E-state index contributed by atoms with van der Waals surface area (Å²) in [5.74, 6) is -1.71. The topological polar surface area (TPSA) is 106 Å². The van der Waals surface area contributed by atoms with Crippen LogP contribution in [-0.2, 0) is 9.53 Å². The third-order valence-electron chi connectivity index (χ3n) is 4.65. The van der Waals surface area contributed by atoms with Gasteiger partial charge in [-0.25, -0.2) is 14.5 Å². The Morgan fingerprint density at radius 3 is 2.81 bits per heavy atom. The molecule has 1 fully saturated rings. The molecule has 0 spiro atoms. The number of rotatable bonds is 5. The van der Waals surface area contributed by atoms with Crippen LogP contribution in [0, 0.1) is 12.8 Å². The summed E-state index contributed by atoms with van der Waals surface area (Å²) in [7, 11) is 0. The first-order valence-electron chi connectivity index (χ1n) is 8.84. The maximum absolute atomic E-state index is 12.9. The van der Waals surface area contributed by atoms with Crippen LogP contribution >= 0.6 is 0 Å². The minimum atomic E-state index is -1.05. The van der Waals surface area contributed by atoms with Crippen LogP contribution in [0.15, 0.2) is 12.3 Å². The largest absolute Gasteiger partial charge is 0.480 e. The maximum Gasteiger partial charge on any atom is 0.326 e. The number of carbonyl (C=O) groups is 2. The molecular weight excluding hydrogens is 336 g/mol. The Bertz CT molecular complexity index is 824. The summed E-state index contributed by atoms with van der Waals surface area (Å²) in [6, 6.07) is 0.788. The Labute approximate surface area is 151 Å². The van der Waals surface area contributed by atoms with E-state index in [-0.39, 0.29) is 12.0 Å². The van der Waals surface area contributed by atoms with Gasteiger partial charge in [-0.3, -0.25) is 4.79 Å². The summed E-state index contributed by atoms with van der Waals surface area (Å²) in [5.41, 5.74) is 1.69. The molecule has 1 saturated heterocycles. The average molecular weight is 360 g/mol. The van der Waals surface area contributed by atoms with Gasteiger partial charge in [-0.15, -0.1) is 0 Å². The third-order valence-corrected chi connectivity index (χ3v) is 4.65. The zero-order chi connectivity index (χ0) is 18.8. The highest BCUT2D eigenvalue weighted by Gasteiger charge is 2.32. The number of ether oxygens (including phenoxy) is 1. The van der Waals surface area contributed by atoms with Crippen molar-refractivity contribution in [3.05, 3.63) is 23.5 Å². The van der Waals surface area contributed by atoms with Crippen molar-refractivity contribution in [3.8, 4) is 0 Å². The van der Waals surface area contributed by atoms with Crippen LogP contribution in [0.5, 0.6) is 0 Å². The minimum absolute atomic E-state index is 0.101. The molecule has 0 radical (unpaired) electrons. The van der Waals surface area contributed by atoms with E-state index in [1.165, 1.54) is 0 Å². The van der Waals surface area contributed by atoms with Crippen molar-refractivity contribution < 1.29 is 19.4 Å². The highest BCUT2D eigenvalue weighted by atomic mass is 16.5. The summed E-state index contributed by atoms with van der Waals surface area (Å²) < 4.78 is 7.13. The van der Waals surface area contributed by atoms with Gasteiger partial charge in [0, 0.05) is 24.3 Å². The molecule has 140 valence electrons. The fourth-order valence-corrected chi connectivity index (χ4v) is 3.34. The van der Waals surface area contributed by atoms with E-state index in [0.717, 1.165) is 6.42 Å². The number of fused-ring (bicyclic) bond motifs is 1. The van der Waals surface area contributed by atoms with E-state index >= 15 is 0 Å². The number of pyridine rings is 1. The number of carboxylic acid groups (broad SMARTS) is 1. The second-order valence-corrected chi connectivity index (χ2v) is 7.00. The van der Waals surface area contributed by atoms with Crippen molar-refractivity contribution in [1.29, 1.82) is 0 Å². The Kier molecular flexibility index (Phi) is 5.22. The molecule has 26 heavy (non-hydrogen) atoms. The Morgan fingerprint density at radius 2 is 2.19 bits per heavy atom. The number of carbonyl (C=O) groups excluding carboxylic acids is 1. The molecule has 0 aromatic carbocycles. The Morgan fingerprint density at radius 1 is 1.42 bits per heavy atom. The molecular formula is C18H24N4O4. The van der Waals surface area contributed by atoms with E-state index in [1.54, 1.807) is 23.9 Å². The highest BCUT2D eigenvalue weighted by Crippen LogP contribution is 2.22. The summed E-state index contributed by atoms with van der Waals surface area (Å²) in [6.45, 7) is 6.75. The fraction of sp³-hybridized carbons (Fsp3) is 0.556. The van der Waals surface area contributed by atoms with Gasteiger partial charge in [-0.1, -0.05) is 0 Å². The van der Waals surface area contributed by atoms with Gasteiger partial charge in [-0.05, 0) is 39.7 Å². The summed E-state index contributed by atoms with van der Waals surface area (Å²) >= 11 is 0. The van der Waals surface area contributed by atoms with Gasteiger partial charge in [0.2, 0.25) is 0 Å². The molecule has 8 heteroatoms. The van der Waals surface area contributed by atoms with Crippen molar-refractivity contribution in [2.45, 2.75) is 45.7 Å². The molecule has 2 unspecified atom stereocenters. The minimum Gasteiger partial charge on any atom is -0.480 e. The number of aromatic nitrogens is 3. The van der Waals surface area contributed by atoms with Crippen LogP contribution in [0.25, 0.3) is 11.0 Å². The zero-order valence-corrected chi connectivity index (χ0v) is 15.2. The molecule has 0 bridgehead atoms. The van der Waals surface area contributed by atoms with Gasteiger partial charge in [-0.2, -0.15) is 5.10 Å². The molecule has 3 heterocycles. The van der Waals surface area contributed by atoms with Crippen LogP contribution in [-0.4, -0.2) is 51.0 Å². The molecule has 0 saturated carbocycles. The number of hydrogen-bond donors (Lipinski definition) is 2. The first kappa shape index (κ1) is 18.3. The lowest BCUT2D eigenvalue weighted by molar-refractivity contribution is -0.142. The normalized spacial score (nSPS) is 18.8. The van der Waals surface area contributed by atoms with E-state index in [2.05, 4.69) is 15.4 Å². The first-order valence-corrected chi connectivity index (χ1v) is 8.84. The Hall–Kier alpha value is -2.48. The molecule has 1 aliphatic rings. The monoisotopic (exact) mass is 360 g/mol. The van der Waals surface area contributed by atoms with Crippen molar-refractivity contribution in [1.82, 2.24) is 20.1 Å². The lowest BCUT2D eigenvalue weighted by atomic mass is 9.93. The van der Waals surface area contributed by atoms with Crippen LogP contribution in [0.1, 0.15) is 48.8 Å². The Balaban J connectivity index is 1.92. The number of aliphatic carboxylic acids is 1. The molecule has 2 atom stereocenters. The SMILES string of the molecule is Cc1cc(C(=O)NC(C(=O)O)C2CCCOC2)c2cnn(C(C)C)c2n1. The molecule has 3 rings (SSSR count). The molecule has 0 aliphatic carbocycles. The third kappa shape index (κ3) is 3.55. The highest BCUT2D eigenvalue weighted by molar-refractivity contribution is 6.06. The first-order chi connectivity index (χ1) is 12.4. The van der Waals surface area contributed by atoms with Crippen LogP contribution in [0.3, 0.4) is 0 Å². The average Bonchev–Trinajstić information content (AvgIpc) is 3.03. The fourth-order valence-electron chi connectivity index (χ4n) is 3.34. The standard InChI is InChI=1S/C18H24N4O4/c1-10(2)22-16-14(8-19-22)13(7-11(3)20-16)17(23)21-15(18(24)25)12-5-4-6-26-9-12/h7-8,10,12,15H,4-6,9H2,1-3H3,(H,21,23)(H,24,25). The van der Waals surface area contributed by atoms with Crippen molar-refractivity contribution in [2.24, 2.45) is 5.92 Å². The maximum atomic E-state index is 12.9. The number of aryl methyl sites for hydroxylation is 1. The lowest BCUT2D eigenvalue weighted by Gasteiger charge is -2.28. The number of carboxylic acids is 1. The summed E-state index contributed by atoms with van der Waals surface area (Å²) in [5, 5.41) is 17.2. The van der Waals surface area contributed by atoms with Crippen molar-refractivity contribution >= 4 is 22.9 Å². The molecule has 1 amide bonds. The molecule has 2 N–H and O–H groups in total. The molecule has 2 aromatic rings. The second kappa shape index (κ2) is 7.41. The summed E-state index contributed by atoms with van der Waals surface area (Å²) in [4.78, 5) is 29.0. The van der Waals surface area contributed by atoms with Gasteiger partial charge < -0.3 is 15.2 Å². The molecule has 8 nitrogen and oxygen atoms in total. The quantitative estimate of drug-likeness (QED) is 0.844. The van der Waals surface area contributed by atoms with E-state index in [9.17, 15) is 14.7 Å². The second-order valence-electron chi connectivity index (χ2n) is 7.00. The predicted octanol–water partition coefficient (Wildman–Crippen LogP) is 1.93. The zero-order valence-electron chi connectivity index (χ0n) is 15.2. The van der Waals surface area contributed by atoms with Crippen molar-refractivity contribution in [3.63, 3.8) is 0 Å². The van der Waals surface area contributed by atoms with Crippen LogP contribution < -0.4 is 5.32 Å². The number of nitrogens with one attached hydrogen (secondary N) is 1. The number of nitrogens with zero attached hydrogens (tertiary/aromatic N) is 3. The predicted molar refractivity (Wildman–Crippen MR) is 95.1 cm³/mol. The van der Waals surface area contributed by atoms with E-state index in [0.29, 0.717) is 41.9 Å². The van der Waals surface area contributed by atoms with Crippen molar-refractivity contribution in [2.75, 3.05) is 13.2 Å². The molecule has 2 aromatic heterocycles.